The predicted molar refractivity (Wildman–Crippen MR) is 104 cm³/mol. The summed E-state index contributed by atoms with van der Waals surface area (Å²) in [6, 6.07) is 7.16. The summed E-state index contributed by atoms with van der Waals surface area (Å²) in [6.07, 6.45) is 0. The molecule has 2 rings (SSSR count). The number of hydrogen-bond acceptors (Lipinski definition) is 3. The number of rotatable bonds is 6. The summed E-state index contributed by atoms with van der Waals surface area (Å²) in [5.74, 6) is -2.05. The SMILES string of the molecule is Cc1cc(C)c(NC(=O)CN(C)C(=O)CSc2ccc(F)cc2F)c(C)c1. The zero-order valence-corrected chi connectivity index (χ0v) is 16.5. The molecule has 2 aromatic rings. The molecule has 0 heterocycles. The van der Waals surface area contributed by atoms with E-state index >= 15 is 0 Å². The molecular weight excluding hydrogens is 370 g/mol. The molecule has 0 fully saturated rings. The maximum absolute atomic E-state index is 13.6. The largest absolute Gasteiger partial charge is 0.336 e. The molecule has 0 aromatic heterocycles. The number of nitrogens with one attached hydrogen (secondary N) is 1. The molecule has 0 atom stereocenters. The van der Waals surface area contributed by atoms with Gasteiger partial charge in [-0.05, 0) is 44.0 Å². The number of thioether (sulfide) groups is 1. The number of carbonyl (C=O) groups is 2. The normalized spacial score (nSPS) is 10.6. The molecule has 0 saturated heterocycles. The van der Waals surface area contributed by atoms with E-state index in [1.54, 1.807) is 0 Å². The number of nitrogens with zero attached hydrogens (tertiary/aromatic N) is 1. The van der Waals surface area contributed by atoms with Gasteiger partial charge in [-0.1, -0.05) is 17.7 Å². The van der Waals surface area contributed by atoms with Crippen molar-refractivity contribution in [2.75, 3.05) is 24.7 Å². The minimum absolute atomic E-state index is 0.0467. The van der Waals surface area contributed by atoms with Crippen LogP contribution in [0.5, 0.6) is 0 Å². The first kappa shape index (κ1) is 20.9. The molecule has 0 bridgehead atoms. The second-order valence-corrected chi connectivity index (χ2v) is 7.45. The Kier molecular flexibility index (Phi) is 6.96. The van der Waals surface area contributed by atoms with Crippen LogP contribution >= 0.6 is 11.8 Å². The average Bonchev–Trinajstić information content (AvgIpc) is 2.57. The lowest BCUT2D eigenvalue weighted by atomic mass is 10.1. The number of anilines is 1. The Morgan fingerprint density at radius 1 is 1.07 bits per heavy atom. The Morgan fingerprint density at radius 3 is 2.30 bits per heavy atom. The molecule has 0 unspecified atom stereocenters. The van der Waals surface area contributed by atoms with Gasteiger partial charge in [-0.3, -0.25) is 9.59 Å². The van der Waals surface area contributed by atoms with Gasteiger partial charge in [0.25, 0.3) is 0 Å². The van der Waals surface area contributed by atoms with Crippen LogP contribution in [-0.4, -0.2) is 36.1 Å². The highest BCUT2D eigenvalue weighted by molar-refractivity contribution is 8.00. The fourth-order valence-corrected chi connectivity index (χ4v) is 3.56. The molecule has 0 aliphatic carbocycles. The van der Waals surface area contributed by atoms with Crippen molar-refractivity contribution in [1.29, 1.82) is 0 Å². The highest BCUT2D eigenvalue weighted by Crippen LogP contribution is 2.23. The minimum atomic E-state index is -0.710. The van der Waals surface area contributed by atoms with Crippen molar-refractivity contribution in [2.24, 2.45) is 0 Å². The first-order chi connectivity index (χ1) is 12.7. The van der Waals surface area contributed by atoms with Gasteiger partial charge < -0.3 is 10.2 Å². The lowest BCUT2D eigenvalue weighted by Crippen LogP contribution is -2.36. The molecule has 144 valence electrons. The van der Waals surface area contributed by atoms with Gasteiger partial charge in [0.15, 0.2) is 0 Å². The van der Waals surface area contributed by atoms with E-state index in [-0.39, 0.29) is 29.0 Å². The summed E-state index contributed by atoms with van der Waals surface area (Å²) in [5.41, 5.74) is 3.77. The van der Waals surface area contributed by atoms with E-state index in [9.17, 15) is 18.4 Å². The summed E-state index contributed by atoms with van der Waals surface area (Å²) in [5, 5.41) is 2.84. The third-order valence-electron chi connectivity index (χ3n) is 3.99. The number of aryl methyl sites for hydroxylation is 3. The highest BCUT2D eigenvalue weighted by atomic mass is 32.2. The number of benzene rings is 2. The Balaban J connectivity index is 1.91. The van der Waals surface area contributed by atoms with Crippen LogP contribution in [0, 0.1) is 32.4 Å². The average molecular weight is 392 g/mol. The summed E-state index contributed by atoms with van der Waals surface area (Å²) in [7, 11) is 1.51. The number of likely N-dealkylation sites (N-methyl/N-ethyl adjacent to an activating group) is 1. The quantitative estimate of drug-likeness (QED) is 0.754. The first-order valence-electron chi connectivity index (χ1n) is 8.37. The van der Waals surface area contributed by atoms with Crippen LogP contribution in [0.4, 0.5) is 14.5 Å². The van der Waals surface area contributed by atoms with Crippen molar-refractivity contribution in [1.82, 2.24) is 4.90 Å². The molecule has 7 heteroatoms. The number of amides is 2. The summed E-state index contributed by atoms with van der Waals surface area (Å²) in [4.78, 5) is 25.9. The number of hydrogen-bond donors (Lipinski definition) is 1. The Labute approximate surface area is 161 Å². The number of carbonyl (C=O) groups excluding carboxylic acids is 2. The van der Waals surface area contributed by atoms with Gasteiger partial charge in [0.1, 0.15) is 11.6 Å². The van der Waals surface area contributed by atoms with E-state index in [0.29, 0.717) is 0 Å². The van der Waals surface area contributed by atoms with Gasteiger partial charge in [-0.2, -0.15) is 0 Å². The molecule has 2 aromatic carbocycles. The molecule has 0 radical (unpaired) electrons. The standard InChI is InChI=1S/C20H22F2N2O2S/c1-12-7-13(2)20(14(3)8-12)23-18(25)10-24(4)19(26)11-27-17-6-5-15(21)9-16(17)22/h5-9H,10-11H2,1-4H3,(H,23,25). The highest BCUT2D eigenvalue weighted by Gasteiger charge is 2.16. The monoisotopic (exact) mass is 392 g/mol. The molecule has 0 saturated carbocycles. The second kappa shape index (κ2) is 8.99. The fourth-order valence-electron chi connectivity index (χ4n) is 2.70. The smallest absolute Gasteiger partial charge is 0.243 e. The Hall–Kier alpha value is -2.41. The minimum Gasteiger partial charge on any atom is -0.336 e. The van der Waals surface area contributed by atoms with Crippen LogP contribution in [0.15, 0.2) is 35.2 Å². The molecule has 27 heavy (non-hydrogen) atoms. The van der Waals surface area contributed by atoms with Crippen molar-refractivity contribution < 1.29 is 18.4 Å². The molecule has 0 aliphatic heterocycles. The summed E-state index contributed by atoms with van der Waals surface area (Å²) < 4.78 is 26.5. The molecule has 4 nitrogen and oxygen atoms in total. The van der Waals surface area contributed by atoms with Gasteiger partial charge in [0.2, 0.25) is 11.8 Å². The lowest BCUT2D eigenvalue weighted by molar-refractivity contribution is -0.131. The zero-order valence-electron chi connectivity index (χ0n) is 15.7. The van der Waals surface area contributed by atoms with E-state index < -0.39 is 11.6 Å². The lowest BCUT2D eigenvalue weighted by Gasteiger charge is -2.18. The second-order valence-electron chi connectivity index (χ2n) is 6.44. The van der Waals surface area contributed by atoms with E-state index in [0.717, 1.165) is 46.3 Å². The van der Waals surface area contributed by atoms with Crippen LogP contribution in [0.2, 0.25) is 0 Å². The Morgan fingerprint density at radius 2 is 1.70 bits per heavy atom. The number of halogens is 2. The van der Waals surface area contributed by atoms with Crippen molar-refractivity contribution in [3.05, 3.63) is 58.7 Å². The van der Waals surface area contributed by atoms with E-state index in [1.807, 2.05) is 32.9 Å². The van der Waals surface area contributed by atoms with Crippen LogP contribution in [0.1, 0.15) is 16.7 Å². The van der Waals surface area contributed by atoms with Crippen molar-refractivity contribution in [3.63, 3.8) is 0 Å². The molecule has 0 aliphatic rings. The van der Waals surface area contributed by atoms with E-state index in [2.05, 4.69) is 5.32 Å². The van der Waals surface area contributed by atoms with Crippen molar-refractivity contribution in [3.8, 4) is 0 Å². The third kappa shape index (κ3) is 5.79. The van der Waals surface area contributed by atoms with Gasteiger partial charge in [-0.25, -0.2) is 8.78 Å². The van der Waals surface area contributed by atoms with Gasteiger partial charge in [-0.15, -0.1) is 11.8 Å². The van der Waals surface area contributed by atoms with Gasteiger partial charge in [0, 0.05) is 23.7 Å². The van der Waals surface area contributed by atoms with Gasteiger partial charge in [0.05, 0.1) is 12.3 Å². The summed E-state index contributed by atoms with van der Waals surface area (Å²) >= 11 is 0.965. The summed E-state index contributed by atoms with van der Waals surface area (Å²) in [6.45, 7) is 5.70. The van der Waals surface area contributed by atoms with Crippen LogP contribution in [-0.2, 0) is 9.59 Å². The first-order valence-corrected chi connectivity index (χ1v) is 9.35. The van der Waals surface area contributed by atoms with Crippen LogP contribution in [0.25, 0.3) is 0 Å². The molecule has 1 N–H and O–H groups in total. The maximum Gasteiger partial charge on any atom is 0.243 e. The molecule has 0 spiro atoms. The molecular formula is C20H22F2N2O2S. The molecule has 2 amide bonds. The zero-order chi connectivity index (χ0) is 20.1. The van der Waals surface area contributed by atoms with Gasteiger partial charge >= 0.3 is 0 Å². The van der Waals surface area contributed by atoms with E-state index in [4.69, 9.17) is 0 Å². The van der Waals surface area contributed by atoms with Crippen LogP contribution in [0.3, 0.4) is 0 Å². The maximum atomic E-state index is 13.6. The third-order valence-corrected chi connectivity index (χ3v) is 5.03. The van der Waals surface area contributed by atoms with Crippen molar-refractivity contribution >= 4 is 29.3 Å². The predicted octanol–water partition coefficient (Wildman–Crippen LogP) is 4.08. The fraction of sp³-hybridized carbons (Fsp3) is 0.300. The topological polar surface area (TPSA) is 49.4 Å². The van der Waals surface area contributed by atoms with E-state index in [1.165, 1.54) is 18.0 Å². The van der Waals surface area contributed by atoms with Crippen molar-refractivity contribution in [2.45, 2.75) is 25.7 Å². The van der Waals surface area contributed by atoms with Crippen LogP contribution < -0.4 is 5.32 Å². The Bertz CT molecular complexity index is 848.